The van der Waals surface area contributed by atoms with E-state index in [0.29, 0.717) is 5.92 Å². The van der Waals surface area contributed by atoms with E-state index >= 15 is 0 Å². The van der Waals surface area contributed by atoms with Crippen molar-refractivity contribution in [3.05, 3.63) is 0 Å². The molecule has 1 aliphatic rings. The molecule has 1 aliphatic carbocycles. The average Bonchev–Trinajstić information content (AvgIpc) is 2.06. The number of hydrogen-bond donors (Lipinski definition) is 2. The van der Waals surface area contributed by atoms with E-state index in [0.717, 1.165) is 25.7 Å². The van der Waals surface area contributed by atoms with Crippen LogP contribution in [-0.4, -0.2) is 22.9 Å². The second-order valence-electron chi connectivity index (χ2n) is 4.27. The zero-order valence-electron chi connectivity index (χ0n) is 8.08. The molecule has 1 rings (SSSR count). The molecule has 0 radical (unpaired) electrons. The maximum atomic E-state index is 9.83. The Morgan fingerprint density at radius 1 is 1.50 bits per heavy atom. The fourth-order valence-electron chi connectivity index (χ4n) is 2.16. The maximum Gasteiger partial charge on any atom is 0.0620 e. The van der Waals surface area contributed by atoms with E-state index in [1.54, 1.807) is 0 Å². The van der Waals surface area contributed by atoms with Gasteiger partial charge in [0.15, 0.2) is 0 Å². The van der Waals surface area contributed by atoms with Crippen molar-refractivity contribution in [3.8, 4) is 0 Å². The van der Waals surface area contributed by atoms with Crippen LogP contribution in [0.5, 0.6) is 0 Å². The van der Waals surface area contributed by atoms with Gasteiger partial charge in [-0.2, -0.15) is 0 Å². The molecule has 2 heteroatoms. The molecule has 0 heterocycles. The SMILES string of the molecule is CC[C@@]1(CO)CC[C@@H](C)C[C@@H]1O. The topological polar surface area (TPSA) is 40.5 Å². The molecule has 0 bridgehead atoms. The van der Waals surface area contributed by atoms with Gasteiger partial charge in [-0.3, -0.25) is 0 Å². The van der Waals surface area contributed by atoms with Crippen LogP contribution >= 0.6 is 0 Å². The van der Waals surface area contributed by atoms with Gasteiger partial charge in [0.1, 0.15) is 0 Å². The van der Waals surface area contributed by atoms with Gasteiger partial charge in [-0.15, -0.1) is 0 Å². The summed E-state index contributed by atoms with van der Waals surface area (Å²) in [5.74, 6) is 0.617. The highest BCUT2D eigenvalue weighted by Crippen LogP contribution is 2.41. The number of aliphatic hydroxyl groups excluding tert-OH is 2. The van der Waals surface area contributed by atoms with E-state index in [9.17, 15) is 10.2 Å². The van der Waals surface area contributed by atoms with Crippen LogP contribution in [0.4, 0.5) is 0 Å². The first-order valence-corrected chi connectivity index (χ1v) is 4.93. The molecule has 0 aromatic carbocycles. The first kappa shape index (κ1) is 10.0. The van der Waals surface area contributed by atoms with Gasteiger partial charge in [-0.05, 0) is 31.6 Å². The molecule has 72 valence electrons. The fourth-order valence-corrected chi connectivity index (χ4v) is 2.16. The van der Waals surface area contributed by atoms with Crippen LogP contribution in [0.25, 0.3) is 0 Å². The summed E-state index contributed by atoms with van der Waals surface area (Å²) in [4.78, 5) is 0. The molecule has 0 unspecified atom stereocenters. The third-order valence-corrected chi connectivity index (χ3v) is 3.49. The molecule has 0 saturated heterocycles. The van der Waals surface area contributed by atoms with Crippen LogP contribution in [0.15, 0.2) is 0 Å². The van der Waals surface area contributed by atoms with Crippen LogP contribution < -0.4 is 0 Å². The Balaban J connectivity index is 2.64. The van der Waals surface area contributed by atoms with Crippen molar-refractivity contribution in [3.63, 3.8) is 0 Å². The van der Waals surface area contributed by atoms with Gasteiger partial charge in [0.25, 0.3) is 0 Å². The van der Waals surface area contributed by atoms with E-state index < -0.39 is 0 Å². The molecule has 2 N–H and O–H groups in total. The summed E-state index contributed by atoms with van der Waals surface area (Å²) < 4.78 is 0. The van der Waals surface area contributed by atoms with Gasteiger partial charge in [-0.25, -0.2) is 0 Å². The van der Waals surface area contributed by atoms with Crippen molar-refractivity contribution in [2.75, 3.05) is 6.61 Å². The minimum Gasteiger partial charge on any atom is -0.396 e. The van der Waals surface area contributed by atoms with Gasteiger partial charge in [0, 0.05) is 5.41 Å². The third-order valence-electron chi connectivity index (χ3n) is 3.49. The second kappa shape index (κ2) is 3.75. The van der Waals surface area contributed by atoms with E-state index in [1.165, 1.54) is 0 Å². The number of aliphatic hydroxyl groups is 2. The van der Waals surface area contributed by atoms with Crippen molar-refractivity contribution in [2.24, 2.45) is 11.3 Å². The first-order valence-electron chi connectivity index (χ1n) is 4.93. The summed E-state index contributed by atoms with van der Waals surface area (Å²) in [5, 5.41) is 19.1. The molecular weight excluding hydrogens is 152 g/mol. The monoisotopic (exact) mass is 172 g/mol. The Morgan fingerprint density at radius 3 is 2.58 bits per heavy atom. The highest BCUT2D eigenvalue weighted by molar-refractivity contribution is 4.90. The molecule has 0 aromatic heterocycles. The Labute approximate surface area is 74.6 Å². The van der Waals surface area contributed by atoms with E-state index in [2.05, 4.69) is 13.8 Å². The smallest absolute Gasteiger partial charge is 0.0620 e. The highest BCUT2D eigenvalue weighted by Gasteiger charge is 2.39. The molecule has 0 aliphatic heterocycles. The Kier molecular flexibility index (Phi) is 3.13. The molecule has 0 aromatic rings. The minimum atomic E-state index is -0.295. The lowest BCUT2D eigenvalue weighted by Gasteiger charge is -2.41. The number of hydrogen-bond acceptors (Lipinski definition) is 2. The molecule has 12 heavy (non-hydrogen) atoms. The molecule has 2 nitrogen and oxygen atoms in total. The predicted molar refractivity (Wildman–Crippen MR) is 48.8 cm³/mol. The standard InChI is InChI=1S/C10H20O2/c1-3-10(7-11)5-4-8(2)6-9(10)12/h8-9,11-12H,3-7H2,1-2H3/t8-,9+,10+/m1/s1. The largest absolute Gasteiger partial charge is 0.396 e. The molecule has 3 atom stereocenters. The van der Waals surface area contributed by atoms with Gasteiger partial charge < -0.3 is 10.2 Å². The average molecular weight is 172 g/mol. The quantitative estimate of drug-likeness (QED) is 0.663. The van der Waals surface area contributed by atoms with Crippen LogP contribution in [0, 0.1) is 11.3 Å². The lowest BCUT2D eigenvalue weighted by molar-refractivity contribution is -0.0627. The maximum absolute atomic E-state index is 9.83. The van der Waals surface area contributed by atoms with E-state index in [1.807, 2.05) is 0 Å². The van der Waals surface area contributed by atoms with Crippen LogP contribution in [0.1, 0.15) is 39.5 Å². The van der Waals surface area contributed by atoms with Crippen molar-refractivity contribution >= 4 is 0 Å². The zero-order valence-corrected chi connectivity index (χ0v) is 8.08. The Hall–Kier alpha value is -0.0800. The predicted octanol–water partition coefficient (Wildman–Crippen LogP) is 1.56. The molecule has 1 fully saturated rings. The van der Waals surface area contributed by atoms with Crippen LogP contribution in [0.3, 0.4) is 0 Å². The van der Waals surface area contributed by atoms with Crippen molar-refractivity contribution in [2.45, 2.75) is 45.6 Å². The summed E-state index contributed by atoms with van der Waals surface area (Å²) in [6.45, 7) is 4.35. The van der Waals surface area contributed by atoms with Crippen molar-refractivity contribution in [1.82, 2.24) is 0 Å². The minimum absolute atomic E-state index is 0.136. The van der Waals surface area contributed by atoms with Gasteiger partial charge in [0.2, 0.25) is 0 Å². The normalized spacial score (nSPS) is 43.0. The zero-order chi connectivity index (χ0) is 9.19. The molecular formula is C10H20O2. The first-order chi connectivity index (χ1) is 5.64. The highest BCUT2D eigenvalue weighted by atomic mass is 16.3. The summed E-state index contributed by atoms with van der Waals surface area (Å²) in [6.07, 6.45) is 3.57. The fraction of sp³-hybridized carbons (Fsp3) is 1.00. The lowest BCUT2D eigenvalue weighted by Crippen LogP contribution is -2.42. The van der Waals surface area contributed by atoms with E-state index in [4.69, 9.17) is 0 Å². The lowest BCUT2D eigenvalue weighted by atomic mass is 9.68. The molecule has 0 spiro atoms. The summed E-state index contributed by atoms with van der Waals surface area (Å²) in [6, 6.07) is 0. The van der Waals surface area contributed by atoms with Crippen LogP contribution in [-0.2, 0) is 0 Å². The van der Waals surface area contributed by atoms with Crippen molar-refractivity contribution < 1.29 is 10.2 Å². The Bertz CT molecular complexity index is 141. The number of rotatable bonds is 2. The summed E-state index contributed by atoms with van der Waals surface area (Å²) >= 11 is 0. The van der Waals surface area contributed by atoms with Crippen molar-refractivity contribution in [1.29, 1.82) is 0 Å². The van der Waals surface area contributed by atoms with Gasteiger partial charge >= 0.3 is 0 Å². The summed E-state index contributed by atoms with van der Waals surface area (Å²) in [7, 11) is 0. The van der Waals surface area contributed by atoms with Crippen LogP contribution in [0.2, 0.25) is 0 Å². The van der Waals surface area contributed by atoms with Gasteiger partial charge in [0.05, 0.1) is 12.7 Å². The molecule has 1 saturated carbocycles. The second-order valence-corrected chi connectivity index (χ2v) is 4.27. The Morgan fingerprint density at radius 2 is 2.17 bits per heavy atom. The van der Waals surface area contributed by atoms with Gasteiger partial charge in [-0.1, -0.05) is 13.8 Å². The third kappa shape index (κ3) is 1.64. The van der Waals surface area contributed by atoms with E-state index in [-0.39, 0.29) is 18.1 Å². The summed E-state index contributed by atoms with van der Waals surface area (Å²) in [5.41, 5.74) is -0.188. The molecule has 0 amide bonds.